The summed E-state index contributed by atoms with van der Waals surface area (Å²) in [5, 5.41) is 66.3. The maximum Gasteiger partial charge on any atom is 0.0829 e. The maximum atomic E-state index is 4.22. The van der Waals surface area contributed by atoms with E-state index < -0.39 is 0 Å². The molecule has 24 nitrogen and oxygen atoms in total. The van der Waals surface area contributed by atoms with Crippen LogP contribution in [0.5, 0.6) is 0 Å². The fraction of sp³-hybridized carbons (Fsp3) is 0.858. The number of aryl methyl sites for hydroxylation is 14. The normalized spacial score (nSPS) is 11.6. The fourth-order valence-electron chi connectivity index (χ4n) is 15.5. The topological polar surface area (TPSA) is 246 Å². The van der Waals surface area contributed by atoms with E-state index >= 15 is 0 Å². The van der Waals surface area contributed by atoms with Crippen LogP contribution in [0.4, 0.5) is 0 Å². The van der Waals surface area contributed by atoms with Crippen LogP contribution in [-0.4, -0.2) is 120 Å². The lowest BCUT2D eigenvalue weighted by atomic mass is 10.0. The van der Waals surface area contributed by atoms with Crippen molar-refractivity contribution in [3.63, 3.8) is 0 Å². The van der Waals surface area contributed by atoms with E-state index in [0.717, 1.165) is 209 Å². The molecule has 137 heavy (non-hydrogen) atoms. The van der Waals surface area contributed by atoms with Crippen LogP contribution in [0.3, 0.4) is 0 Å². The summed E-state index contributed by atoms with van der Waals surface area (Å²) in [4.78, 5) is 0. The van der Waals surface area contributed by atoms with Gasteiger partial charge in [-0.1, -0.05) is 372 Å². The van der Waals surface area contributed by atoms with Gasteiger partial charge < -0.3 is 0 Å². The molecule has 0 spiro atoms. The third-order valence-electron chi connectivity index (χ3n) is 24.2. The van der Waals surface area contributed by atoms with Crippen LogP contribution in [0.1, 0.15) is 479 Å². The van der Waals surface area contributed by atoms with E-state index in [0.29, 0.717) is 11.8 Å². The predicted molar refractivity (Wildman–Crippen MR) is 580 cm³/mol. The summed E-state index contributed by atoms with van der Waals surface area (Å²) in [6, 6.07) is 0. The first-order valence-electron chi connectivity index (χ1n) is 56.2. The van der Waals surface area contributed by atoms with E-state index in [1.54, 1.807) is 0 Å². The van der Waals surface area contributed by atoms with Crippen molar-refractivity contribution in [2.75, 3.05) is 0 Å². The van der Waals surface area contributed by atoms with E-state index in [1.807, 2.05) is 43.5 Å². The summed E-state index contributed by atoms with van der Waals surface area (Å²) in [7, 11) is 0. The zero-order valence-electron chi connectivity index (χ0n) is 95.2. The first-order valence-corrected chi connectivity index (χ1v) is 56.2. The summed E-state index contributed by atoms with van der Waals surface area (Å²) >= 11 is 0. The summed E-state index contributed by atoms with van der Waals surface area (Å²) in [5.74, 6) is 12.3. The first-order chi connectivity index (χ1) is 65.2. The molecular weight excluding hydrogens is 1690 g/mol. The van der Waals surface area contributed by atoms with Gasteiger partial charge in [0, 0.05) is 77.1 Å². The lowest BCUT2D eigenvalue weighted by molar-refractivity contribution is 0.453. The van der Waals surface area contributed by atoms with Gasteiger partial charge in [0.05, 0.1) is 70.3 Å². The second-order valence-corrected chi connectivity index (χ2v) is 46.7. The number of hydrogen-bond donors (Lipinski definition) is 0. The third-order valence-corrected chi connectivity index (χ3v) is 24.2. The van der Waals surface area contributed by atoms with Gasteiger partial charge in [-0.25, -0.2) is 18.7 Å². The van der Waals surface area contributed by atoms with Crippen LogP contribution in [0, 0.1) is 94.7 Å². The molecule has 0 bridgehead atoms. The predicted octanol–water partition coefficient (Wildman–Crippen LogP) is 29.9. The Hall–Kier alpha value is -6.88. The summed E-state index contributed by atoms with van der Waals surface area (Å²) in [5.41, 5.74) is 9.77. The molecule has 0 saturated heterocycles. The lowest BCUT2D eigenvalue weighted by Crippen LogP contribution is -2.09. The van der Waals surface area contributed by atoms with E-state index in [2.05, 4.69) is 348 Å². The molecule has 8 aromatic heterocycles. The molecule has 0 aromatic carbocycles. The molecule has 0 atom stereocenters. The van der Waals surface area contributed by atoms with Gasteiger partial charge in [0.2, 0.25) is 0 Å². The molecule has 8 aromatic rings. The minimum Gasteiger partial charge on any atom is -0.252 e. The Kier molecular flexibility index (Phi) is 75.4. The highest BCUT2D eigenvalue weighted by atomic mass is 15.5. The van der Waals surface area contributed by atoms with Crippen LogP contribution in [0.15, 0.2) is 49.6 Å². The molecule has 0 radical (unpaired) electrons. The molecule has 0 aliphatic heterocycles. The molecule has 0 N–H and O–H groups in total. The van der Waals surface area contributed by atoms with Gasteiger partial charge >= 0.3 is 0 Å². The summed E-state index contributed by atoms with van der Waals surface area (Å²) < 4.78 is 16.3. The van der Waals surface area contributed by atoms with Crippen LogP contribution >= 0.6 is 0 Å². The highest BCUT2D eigenvalue weighted by Crippen LogP contribution is 2.21. The molecule has 8 rings (SSSR count). The van der Waals surface area contributed by atoms with E-state index in [-0.39, 0.29) is 0 Å². The Morgan fingerprint density at radius 1 is 0.175 bits per heavy atom. The van der Waals surface area contributed by atoms with Gasteiger partial charge in [-0.3, -0.25) is 18.7 Å². The van der Waals surface area contributed by atoms with Crippen LogP contribution in [0.25, 0.3) is 0 Å². The van der Waals surface area contributed by atoms with Gasteiger partial charge in [-0.2, -0.15) is 0 Å². The van der Waals surface area contributed by atoms with Gasteiger partial charge in [0.1, 0.15) is 0 Å². The number of nitrogens with zero attached hydrogens (tertiary/aromatic N) is 24. The number of unbranched alkanes of at least 4 members (excludes halogenated alkanes) is 9. The Bertz CT molecular complexity index is 3840. The second kappa shape index (κ2) is 80.6. The number of aromatic nitrogens is 24. The minimum absolute atomic E-state index is 0.636. The van der Waals surface area contributed by atoms with Crippen LogP contribution < -0.4 is 0 Å². The molecular formula is C113H218N24. The molecule has 0 unspecified atom stereocenters. The second-order valence-electron chi connectivity index (χ2n) is 46.7. The highest BCUT2D eigenvalue weighted by molar-refractivity contribution is 4.99. The van der Waals surface area contributed by atoms with Crippen molar-refractivity contribution < 1.29 is 0 Å². The molecule has 0 amide bonds. The SMILES string of the molecule is CC(C)CCCCCc1cnnn1CC(C)C.CC(C)CCCCCc1cnnn1CCC(C)C.CC(C)CCCCCn1cc(CC(C)C)nn1.CC(C)CCCCc1cn(CCC(C)C)nn1.CC(C)CCCCc1cnnn1CCCC(C)C.CC(C)CCCCn1cc(CCC(C)C)nn1.CC(C)CCCc1cn(CCCC(C)C)nn1.CC(C)CCCc1cnnn1CCC(C)C. The quantitative estimate of drug-likeness (QED) is 0.0322. The molecule has 0 aliphatic carbocycles. The Morgan fingerprint density at radius 2 is 0.416 bits per heavy atom. The highest BCUT2D eigenvalue weighted by Gasteiger charge is 2.14. The standard InChI is InChI=1S/2C15H29N3.5C14H27N3.C13H25N3/c1-13(2)8-5-6-10-15-12-16-17-18(15)11-7-9-14(3)4;1-13(2)8-6-5-7-9-15-12-16-17-18(15)11-10-14(3)4;1-12(2)7-5-9-14-11-17(16-15-14)10-6-8-13(3)4;1-12(2)7-5-6-10-17-11-14(15-16-17)9-8-13(3)4;1-12(2)7-5-6-8-14-11-17(16-15-14)10-9-13(3)4;1-12(2)8-6-5-7-9-14-10-15-16-17(14)11-13(3)4;1-12(2)8-6-5-7-9-17-11-14(15-16-17)10-13(3)4;1-11(2)6-5-7-13-10-14-15-16(13)9-8-12(3)4/h2*12-14H,5-11H2,1-4H3;3*11-13H,5-10H2,1-4H3;10,12-13H,5-9,11H2,1-4H3;11-13H,5-10H2,1-4H3;10-12H,5-9H2,1-4H3. The zero-order valence-corrected chi connectivity index (χ0v) is 95.2. The van der Waals surface area contributed by atoms with Gasteiger partial charge in [0.25, 0.3) is 0 Å². The third kappa shape index (κ3) is 75.6. The Labute approximate surface area is 842 Å². The van der Waals surface area contributed by atoms with Crippen molar-refractivity contribution in [3.05, 3.63) is 95.1 Å². The number of hydrogen-bond acceptors (Lipinski definition) is 16. The average molecular weight is 1910 g/mol. The van der Waals surface area contributed by atoms with E-state index in [1.165, 1.54) is 235 Å². The zero-order chi connectivity index (χ0) is 102. The molecule has 8 heterocycles. The van der Waals surface area contributed by atoms with Crippen molar-refractivity contribution in [1.29, 1.82) is 0 Å². The average Bonchev–Trinajstić information content (AvgIpc) is 1.79. The maximum absolute atomic E-state index is 4.22. The summed E-state index contributed by atoms with van der Waals surface area (Å²) in [6.45, 7) is 80.5. The van der Waals surface area contributed by atoms with Crippen molar-refractivity contribution in [2.45, 2.75) is 537 Å². The number of rotatable bonds is 65. The summed E-state index contributed by atoms with van der Waals surface area (Å²) in [6.07, 6.45) is 67.0. The minimum atomic E-state index is 0.636. The van der Waals surface area contributed by atoms with E-state index in [9.17, 15) is 0 Å². The fourth-order valence-corrected chi connectivity index (χ4v) is 15.5. The van der Waals surface area contributed by atoms with Gasteiger partial charge in [-0.05, 0) is 249 Å². The van der Waals surface area contributed by atoms with E-state index in [4.69, 9.17) is 0 Å². The molecule has 0 aliphatic rings. The Balaban J connectivity index is 0.000000783. The van der Waals surface area contributed by atoms with Crippen LogP contribution in [-0.2, 0) is 104 Å². The van der Waals surface area contributed by atoms with Crippen molar-refractivity contribution in [3.8, 4) is 0 Å². The lowest BCUT2D eigenvalue weighted by Gasteiger charge is -2.08. The molecule has 24 heteroatoms. The largest absolute Gasteiger partial charge is 0.252 e. The first kappa shape index (κ1) is 128. The van der Waals surface area contributed by atoms with Crippen LogP contribution in [0.2, 0.25) is 0 Å². The smallest absolute Gasteiger partial charge is 0.0829 e. The van der Waals surface area contributed by atoms with Gasteiger partial charge in [0.15, 0.2) is 0 Å². The molecule has 0 saturated carbocycles. The molecule has 0 fully saturated rings. The molecule has 790 valence electrons. The monoisotopic (exact) mass is 1910 g/mol. The Morgan fingerprint density at radius 3 is 0.788 bits per heavy atom. The van der Waals surface area contributed by atoms with Crippen molar-refractivity contribution in [2.24, 2.45) is 94.7 Å². The van der Waals surface area contributed by atoms with Gasteiger partial charge in [-0.15, -0.1) is 40.8 Å². The van der Waals surface area contributed by atoms with Crippen molar-refractivity contribution in [1.82, 2.24) is 120 Å². The van der Waals surface area contributed by atoms with Crippen molar-refractivity contribution >= 4 is 0 Å².